The van der Waals surface area contributed by atoms with E-state index in [1.165, 1.54) is 127 Å². The smallest absolute Gasteiger partial charge is 0.00934 e. The maximum absolute atomic E-state index is 12.0. The Kier molecular flexibility index (Phi) is 68.6. The van der Waals surface area contributed by atoms with Crippen LogP contribution in [0.25, 0.3) is 10.1 Å². The molecule has 0 spiro atoms. The van der Waals surface area contributed by atoms with E-state index < -0.39 is 31.7 Å². The summed E-state index contributed by atoms with van der Waals surface area (Å²) in [5.41, 5.74) is 0. The van der Waals surface area contributed by atoms with Gasteiger partial charge in [-0.15, -0.1) is 22.7 Å². The summed E-state index contributed by atoms with van der Waals surface area (Å²) in [5.74, 6) is -0.163. The topological polar surface area (TPSA) is 26.3 Å². The first kappa shape index (κ1) is 114. The Hall–Kier alpha value is -4.17. The number of unbranched alkanes of at least 4 members (excludes halogenated alkanes) is 5. The average Bonchev–Trinajstić information content (AvgIpc) is 1.46. The van der Waals surface area contributed by atoms with Crippen molar-refractivity contribution in [3.05, 3.63) is 416 Å². The molecule has 15 rings (SSSR count). The number of carbonyl (C=O) groups excluding carboxylic acids is 1. The van der Waals surface area contributed by atoms with Crippen LogP contribution in [-0.2, 0) is 25.2 Å². The molecule has 0 amide bonds. The van der Waals surface area contributed by atoms with Gasteiger partial charge in [-0.2, -0.15) is 106 Å². The summed E-state index contributed by atoms with van der Waals surface area (Å²) in [6.45, 7) is 4.86. The number of halogens is 1. The van der Waals surface area contributed by atoms with Gasteiger partial charge < -0.3 is 12.2 Å². The Morgan fingerprint density at radius 2 is 0.535 bits per heavy atom. The Bertz CT molecular complexity index is 3800. The summed E-state index contributed by atoms with van der Waals surface area (Å²) in [6.07, 6.45) is 7.26. The Morgan fingerprint density at radius 1 is 0.333 bits per heavy atom. The fraction of sp³-hybridized carbons (Fsp3) is 0.106. The van der Waals surface area contributed by atoms with Gasteiger partial charge in [-0.25, -0.2) is 4.79 Å². The van der Waals surface area contributed by atoms with E-state index in [0.29, 0.717) is 6.61 Å². The molecule has 12 aromatic carbocycles. The number of fused-ring (bicyclic) bond motifs is 1. The van der Waals surface area contributed by atoms with Gasteiger partial charge in [0.05, 0.1) is 6.61 Å². The van der Waals surface area contributed by atoms with Crippen LogP contribution in [0.15, 0.2) is 398 Å². The van der Waals surface area contributed by atoms with Crippen LogP contribution >= 0.6 is 160 Å². The second-order valence-corrected chi connectivity index (χ2v) is 35.1. The minimum Gasteiger partial charge on any atom is -0.152 e. The molecule has 114 heavy (non-hydrogen) atoms. The summed E-state index contributed by atoms with van der Waals surface area (Å²) in [7, 11) is -1.78. The van der Waals surface area contributed by atoms with Crippen molar-refractivity contribution in [1.29, 1.82) is 0 Å². The van der Waals surface area contributed by atoms with Gasteiger partial charge in [0.25, 0.3) is 0 Å². The fourth-order valence-corrected chi connectivity index (χ4v) is 22.8. The van der Waals surface area contributed by atoms with E-state index in [-0.39, 0.29) is 157 Å². The minimum absolute atomic E-state index is 0. The third-order valence-electron chi connectivity index (χ3n) is 16.0. The van der Waals surface area contributed by atoms with Crippen molar-refractivity contribution in [3.8, 4) is 0 Å². The minimum atomic E-state index is -0.446. The monoisotopic (exact) mass is 2080 g/mol. The third-order valence-corrected chi connectivity index (χ3v) is 28.7. The van der Waals surface area contributed by atoms with Crippen molar-refractivity contribution in [2.75, 3.05) is 6.61 Å². The zero-order valence-corrected chi connectivity index (χ0v) is 86.8. The summed E-state index contributed by atoms with van der Waals surface area (Å²) in [4.78, 5) is 16.1. The second-order valence-electron chi connectivity index (χ2n) is 23.3. The number of carbonyl (C=O) groups is 1. The van der Waals surface area contributed by atoms with Gasteiger partial charge in [-0.05, 0) is 131 Å². The molecule has 0 aliphatic carbocycles. The van der Waals surface area contributed by atoms with Crippen molar-refractivity contribution in [3.63, 3.8) is 0 Å². The van der Waals surface area contributed by atoms with E-state index >= 15 is 0 Å². The maximum atomic E-state index is 12.0. The zero-order chi connectivity index (χ0) is 71.6. The van der Waals surface area contributed by atoms with Gasteiger partial charge in [0, 0.05) is 35.4 Å². The number of hydrogen-bond donors (Lipinski definition) is 0. The molecule has 4 radical (unpaired) electrons. The predicted molar refractivity (Wildman–Crippen MR) is 556 cm³/mol. The molecule has 0 atom stereocenters. The molecule has 20 heteroatoms. The SMILES string of the molecule is CCCCCCCCOC(=O)c1cc2csc(C)c2s1.F.S.S.S.S.S.S.S.[CH3-].[CH3][SnH].[Pd].[SnH2].c1ccc(P(c2ccccc2)c2ccccc2)cc1.c1ccc(P(c2ccccc2)c2ccccc2)cc1.c1ccc(P(c2ccccc2)c2ccccc2)cc1.c1ccc(P(c2ccccc2)c2ccccc2)cc1.c1ccsc1. The molecule has 0 aliphatic rings. The molecule has 0 saturated heterocycles. The van der Waals surface area contributed by atoms with E-state index in [0.717, 1.165) is 17.7 Å². The van der Waals surface area contributed by atoms with Crippen LogP contribution in [0.5, 0.6) is 0 Å². The normalized spacial score (nSPS) is 9.40. The van der Waals surface area contributed by atoms with Crippen molar-refractivity contribution in [2.24, 2.45) is 0 Å². The first-order chi connectivity index (χ1) is 51.0. The molecular formula is C94H110FO2P4PdS10Sn2-. The van der Waals surface area contributed by atoms with Crippen LogP contribution in [0.1, 0.15) is 60.0 Å². The number of benzene rings is 12. The molecule has 2 nitrogen and oxygen atoms in total. The Morgan fingerprint density at radius 3 is 0.719 bits per heavy atom. The van der Waals surface area contributed by atoms with Crippen molar-refractivity contribution in [2.45, 2.75) is 57.3 Å². The zero-order valence-electron chi connectivity index (χ0n) is 64.9. The number of esters is 1. The molecular weight excluding hydrogens is 1970 g/mol. The van der Waals surface area contributed by atoms with Gasteiger partial charge in [0.1, 0.15) is 4.88 Å². The molecule has 3 heterocycles. The average molecular weight is 2080 g/mol. The van der Waals surface area contributed by atoms with Crippen LogP contribution in [0.4, 0.5) is 4.70 Å². The number of thiophene rings is 3. The van der Waals surface area contributed by atoms with E-state index in [1.54, 1.807) is 34.0 Å². The summed E-state index contributed by atoms with van der Waals surface area (Å²) in [5, 5.41) is 24.1. The van der Waals surface area contributed by atoms with Crippen molar-refractivity contribution >= 4 is 286 Å². The standard InChI is InChI=1S/4C18H15P.C16H22O2S2.C4H4S.2CH3.FH.Pd.7H2S.2Sn.3H/c4*1-4-10-16(11-5-1)19(17-12-6-2-7-13-17)18-14-8-3-9-15-18;1-3-4-5-6-7-8-9-18-16(17)14-10-13-11-19-12(2)15(13)20-14;1-2-4-5-3-1;;;;;;;;;;;;;;;;/h4*1-15H;10-11H,3-9H2,1-2H3;1-4H;2*1H3;1H;;7*1H2;;;;;/q;;;;;;;-1;;;;;;;;;;;;;;. The number of hydrogen-bond acceptors (Lipinski definition) is 5. The number of rotatable bonds is 20. The first-order valence-electron chi connectivity index (χ1n) is 35.0. The van der Waals surface area contributed by atoms with Crippen LogP contribution in [-0.4, -0.2) is 59.0 Å². The predicted octanol–water partition coefficient (Wildman–Crippen LogP) is 21.7. The van der Waals surface area contributed by atoms with Crippen LogP contribution in [0, 0.1) is 14.4 Å². The van der Waals surface area contributed by atoms with Gasteiger partial charge in [0.2, 0.25) is 0 Å². The molecule has 0 aliphatic heterocycles. The molecule has 0 N–H and O–H groups in total. The number of ether oxygens (including phenoxy) is 1. The van der Waals surface area contributed by atoms with Crippen LogP contribution in [0.2, 0.25) is 4.94 Å². The quantitative estimate of drug-likeness (QED) is 0.0250. The molecule has 3 aromatic heterocycles. The fourth-order valence-electron chi connectivity index (χ4n) is 11.1. The Labute approximate surface area is 791 Å². The number of aryl methyl sites for hydroxylation is 1. The summed E-state index contributed by atoms with van der Waals surface area (Å²) >= 11 is 6.35. The third kappa shape index (κ3) is 38.5. The van der Waals surface area contributed by atoms with Crippen LogP contribution in [0.3, 0.4) is 0 Å². The molecule has 0 saturated carbocycles. The first-order valence-corrected chi connectivity index (χ1v) is 46.3. The van der Waals surface area contributed by atoms with E-state index in [1.807, 2.05) is 29.0 Å². The van der Waals surface area contributed by atoms with Crippen molar-refractivity contribution < 1.29 is 34.7 Å². The van der Waals surface area contributed by atoms with Crippen LogP contribution < -0.4 is 63.7 Å². The Balaban J connectivity index is -0.00000129. The second kappa shape index (κ2) is 68.6. The van der Waals surface area contributed by atoms with E-state index in [2.05, 4.69) is 388 Å². The van der Waals surface area contributed by atoms with Gasteiger partial charge in [0.15, 0.2) is 0 Å². The molecule has 604 valence electrons. The molecule has 0 unspecified atom stereocenters. The molecule has 0 bridgehead atoms. The maximum Gasteiger partial charge on any atom is -0.00934 e. The molecule has 15 aromatic rings. The molecule has 0 fully saturated rings. The summed E-state index contributed by atoms with van der Waals surface area (Å²) in [6, 6.07) is 135. The van der Waals surface area contributed by atoms with Gasteiger partial charge >= 0.3 is 57.3 Å². The van der Waals surface area contributed by atoms with E-state index in [9.17, 15) is 4.79 Å². The van der Waals surface area contributed by atoms with E-state index in [4.69, 9.17) is 4.74 Å². The largest absolute Gasteiger partial charge is 0.152 e. The van der Waals surface area contributed by atoms with Gasteiger partial charge in [-0.3, -0.25) is 4.70 Å². The van der Waals surface area contributed by atoms with Gasteiger partial charge in [-0.1, -0.05) is 415 Å². The van der Waals surface area contributed by atoms with Crippen molar-refractivity contribution in [1.82, 2.24) is 0 Å². The summed E-state index contributed by atoms with van der Waals surface area (Å²) < 4.78 is 6.57.